The molecule has 0 aliphatic heterocycles. The average Bonchev–Trinajstić information content (AvgIpc) is 2.54. The van der Waals surface area contributed by atoms with Gasteiger partial charge in [-0.3, -0.25) is 0 Å². The number of hydrogen-bond donors (Lipinski definition) is 2. The number of methoxy groups -OCH3 is 1. The summed E-state index contributed by atoms with van der Waals surface area (Å²) < 4.78 is 5.35. The first-order chi connectivity index (χ1) is 10.7. The van der Waals surface area contributed by atoms with Crippen molar-refractivity contribution in [2.45, 2.75) is 32.1 Å². The van der Waals surface area contributed by atoms with Gasteiger partial charge in [0.2, 0.25) is 0 Å². The maximum atomic E-state index is 9.62. The fourth-order valence-corrected chi connectivity index (χ4v) is 3.37. The molecule has 0 amide bonds. The Morgan fingerprint density at radius 2 is 2.05 bits per heavy atom. The second-order valence-corrected chi connectivity index (χ2v) is 5.88. The van der Waals surface area contributed by atoms with Crippen LogP contribution >= 0.6 is 0 Å². The number of aryl methyl sites for hydroxylation is 1. The van der Waals surface area contributed by atoms with Crippen LogP contribution in [-0.2, 0) is 12.8 Å². The van der Waals surface area contributed by atoms with Gasteiger partial charge in [0.05, 0.1) is 7.11 Å². The molecule has 0 spiro atoms. The summed E-state index contributed by atoms with van der Waals surface area (Å²) in [5.41, 5.74) is 5.18. The number of rotatable bonds is 4. The van der Waals surface area contributed by atoms with Crippen LogP contribution in [0.5, 0.6) is 11.5 Å². The fourth-order valence-electron chi connectivity index (χ4n) is 3.37. The van der Waals surface area contributed by atoms with E-state index in [0.717, 1.165) is 31.6 Å². The van der Waals surface area contributed by atoms with Crippen LogP contribution in [0.4, 0.5) is 5.69 Å². The van der Waals surface area contributed by atoms with E-state index in [0.29, 0.717) is 11.7 Å². The summed E-state index contributed by atoms with van der Waals surface area (Å²) in [6.45, 7) is 3.01. The molecule has 116 valence electrons. The van der Waals surface area contributed by atoms with Gasteiger partial charge < -0.3 is 15.2 Å². The minimum absolute atomic E-state index is 0.370. The van der Waals surface area contributed by atoms with Gasteiger partial charge in [-0.25, -0.2) is 0 Å². The lowest BCUT2D eigenvalue weighted by molar-refractivity contribution is 0.414. The third-order valence-electron chi connectivity index (χ3n) is 4.49. The van der Waals surface area contributed by atoms with Gasteiger partial charge in [-0.05, 0) is 67.0 Å². The molecule has 2 N–H and O–H groups in total. The second kappa shape index (κ2) is 6.30. The van der Waals surface area contributed by atoms with E-state index in [1.54, 1.807) is 13.2 Å². The number of hydrogen-bond acceptors (Lipinski definition) is 3. The minimum Gasteiger partial charge on any atom is -0.508 e. The Bertz CT molecular complexity index is 666. The molecule has 2 aromatic carbocycles. The van der Waals surface area contributed by atoms with Gasteiger partial charge in [-0.15, -0.1) is 0 Å². The van der Waals surface area contributed by atoms with E-state index in [9.17, 15) is 5.11 Å². The van der Waals surface area contributed by atoms with E-state index in [1.165, 1.54) is 22.4 Å². The Morgan fingerprint density at radius 1 is 1.18 bits per heavy atom. The Hall–Kier alpha value is -2.16. The van der Waals surface area contributed by atoms with Crippen LogP contribution in [0.1, 0.15) is 36.0 Å². The Kier molecular flexibility index (Phi) is 4.23. The van der Waals surface area contributed by atoms with Crippen molar-refractivity contribution >= 4 is 5.69 Å². The lowest BCUT2D eigenvalue weighted by atomic mass is 9.79. The predicted molar refractivity (Wildman–Crippen MR) is 90.0 cm³/mol. The fraction of sp³-hybridized carbons (Fsp3) is 0.368. The van der Waals surface area contributed by atoms with Gasteiger partial charge in [0.25, 0.3) is 0 Å². The molecule has 1 unspecified atom stereocenters. The summed E-state index contributed by atoms with van der Waals surface area (Å²) in [6, 6.07) is 12.1. The van der Waals surface area contributed by atoms with Crippen LogP contribution in [0.25, 0.3) is 0 Å². The maximum absolute atomic E-state index is 9.62. The van der Waals surface area contributed by atoms with E-state index < -0.39 is 0 Å². The van der Waals surface area contributed by atoms with E-state index in [4.69, 9.17) is 4.74 Å². The van der Waals surface area contributed by atoms with Gasteiger partial charge in [-0.1, -0.05) is 12.1 Å². The van der Waals surface area contributed by atoms with Crippen molar-refractivity contribution in [2.75, 3.05) is 19.0 Å². The number of anilines is 1. The highest BCUT2D eigenvalue weighted by Gasteiger charge is 2.22. The molecule has 0 heterocycles. The number of fused-ring (bicyclic) bond motifs is 1. The lowest BCUT2D eigenvalue weighted by Gasteiger charge is -2.27. The van der Waals surface area contributed by atoms with Crippen molar-refractivity contribution in [1.82, 2.24) is 0 Å². The van der Waals surface area contributed by atoms with Gasteiger partial charge >= 0.3 is 0 Å². The lowest BCUT2D eigenvalue weighted by Crippen LogP contribution is -2.14. The topological polar surface area (TPSA) is 41.5 Å². The SMILES string of the molecule is CCNc1cc(OC)ccc1C1CCc2cc(O)ccc2C1. The zero-order chi connectivity index (χ0) is 15.5. The molecule has 0 aromatic heterocycles. The number of ether oxygens (including phenoxy) is 1. The molecule has 2 aromatic rings. The molecule has 0 radical (unpaired) electrons. The van der Waals surface area contributed by atoms with Crippen molar-refractivity contribution in [3.05, 3.63) is 53.1 Å². The van der Waals surface area contributed by atoms with Crippen molar-refractivity contribution in [3.63, 3.8) is 0 Å². The highest BCUT2D eigenvalue weighted by atomic mass is 16.5. The summed E-state index contributed by atoms with van der Waals surface area (Å²) in [6.07, 6.45) is 3.16. The van der Waals surface area contributed by atoms with Crippen molar-refractivity contribution in [1.29, 1.82) is 0 Å². The van der Waals surface area contributed by atoms with Gasteiger partial charge in [0, 0.05) is 18.3 Å². The third-order valence-corrected chi connectivity index (χ3v) is 4.49. The maximum Gasteiger partial charge on any atom is 0.120 e. The van der Waals surface area contributed by atoms with E-state index >= 15 is 0 Å². The molecular formula is C19H23NO2. The third kappa shape index (κ3) is 2.89. The number of benzene rings is 2. The smallest absolute Gasteiger partial charge is 0.120 e. The molecule has 3 nitrogen and oxygen atoms in total. The van der Waals surface area contributed by atoms with Crippen molar-refractivity contribution in [3.8, 4) is 11.5 Å². The molecule has 0 saturated carbocycles. The number of aromatic hydroxyl groups is 1. The summed E-state index contributed by atoms with van der Waals surface area (Å²) in [4.78, 5) is 0. The molecule has 3 heteroatoms. The summed E-state index contributed by atoms with van der Waals surface area (Å²) in [5, 5.41) is 13.1. The number of phenolic OH excluding ortho intramolecular Hbond substituents is 1. The first kappa shape index (κ1) is 14.8. The zero-order valence-electron chi connectivity index (χ0n) is 13.2. The average molecular weight is 297 g/mol. The van der Waals surface area contributed by atoms with Crippen LogP contribution in [0.2, 0.25) is 0 Å². The van der Waals surface area contributed by atoms with Crippen molar-refractivity contribution in [2.24, 2.45) is 0 Å². The normalized spacial score (nSPS) is 16.9. The molecule has 0 fully saturated rings. The van der Waals surface area contributed by atoms with Crippen LogP contribution in [0.15, 0.2) is 36.4 Å². The molecule has 0 saturated heterocycles. The predicted octanol–water partition coefficient (Wildman–Crippen LogP) is 4.11. The summed E-state index contributed by atoms with van der Waals surface area (Å²) in [5.74, 6) is 1.77. The Balaban J connectivity index is 1.90. The minimum atomic E-state index is 0.370. The molecular weight excluding hydrogens is 274 g/mol. The Morgan fingerprint density at radius 3 is 2.82 bits per heavy atom. The van der Waals surface area contributed by atoms with Gasteiger partial charge in [-0.2, -0.15) is 0 Å². The number of phenols is 1. The first-order valence-corrected chi connectivity index (χ1v) is 7.93. The van der Waals surface area contributed by atoms with E-state index in [2.05, 4.69) is 30.4 Å². The van der Waals surface area contributed by atoms with Crippen molar-refractivity contribution < 1.29 is 9.84 Å². The first-order valence-electron chi connectivity index (χ1n) is 7.93. The highest BCUT2D eigenvalue weighted by Crippen LogP contribution is 2.38. The van der Waals surface area contributed by atoms with Gasteiger partial charge in [0.15, 0.2) is 0 Å². The largest absolute Gasteiger partial charge is 0.508 e. The van der Waals surface area contributed by atoms with Crippen LogP contribution < -0.4 is 10.1 Å². The standard InChI is InChI=1S/C19H23NO2/c1-3-20-19-12-17(22-2)8-9-18(19)15-5-4-14-11-16(21)7-6-13(14)10-15/h6-9,11-12,15,20-21H,3-5,10H2,1-2H3. The molecule has 1 aliphatic carbocycles. The quantitative estimate of drug-likeness (QED) is 0.892. The van der Waals surface area contributed by atoms with E-state index in [-0.39, 0.29) is 0 Å². The molecule has 1 aliphatic rings. The molecule has 22 heavy (non-hydrogen) atoms. The monoisotopic (exact) mass is 297 g/mol. The number of nitrogens with one attached hydrogen (secondary N) is 1. The zero-order valence-corrected chi connectivity index (χ0v) is 13.2. The van der Waals surface area contributed by atoms with Crippen LogP contribution in [0.3, 0.4) is 0 Å². The van der Waals surface area contributed by atoms with E-state index in [1.807, 2.05) is 12.1 Å². The molecule has 3 rings (SSSR count). The second-order valence-electron chi connectivity index (χ2n) is 5.88. The summed E-state index contributed by atoms with van der Waals surface area (Å²) in [7, 11) is 1.70. The molecule has 0 bridgehead atoms. The highest BCUT2D eigenvalue weighted by molar-refractivity contribution is 5.57. The summed E-state index contributed by atoms with van der Waals surface area (Å²) >= 11 is 0. The Labute approximate surface area is 131 Å². The van der Waals surface area contributed by atoms with Crippen LogP contribution in [-0.4, -0.2) is 18.8 Å². The molecule has 1 atom stereocenters. The van der Waals surface area contributed by atoms with Crippen LogP contribution in [0, 0.1) is 0 Å². The van der Waals surface area contributed by atoms with Gasteiger partial charge in [0.1, 0.15) is 11.5 Å².